The number of rotatable bonds is 3. The van der Waals surface area contributed by atoms with Gasteiger partial charge < -0.3 is 14.5 Å². The third-order valence-corrected chi connectivity index (χ3v) is 2.63. The molecule has 2 rings (SSSR count). The molecule has 6 nitrogen and oxygen atoms in total. The SMILES string of the molecule is COC(=O)C(=O)NCCc1ccc2oc(C)nc2c1. The zero-order chi connectivity index (χ0) is 13.8. The Bertz CT molecular complexity index is 618. The molecule has 1 amide bonds. The summed E-state index contributed by atoms with van der Waals surface area (Å²) in [4.78, 5) is 26.3. The molecule has 1 N–H and O–H groups in total. The first-order chi connectivity index (χ1) is 9.10. The standard InChI is InChI=1S/C13H14N2O4/c1-8-15-10-7-9(3-4-11(10)19-8)5-6-14-12(16)13(17)18-2/h3-4,7H,5-6H2,1-2H3,(H,14,16). The van der Waals surface area contributed by atoms with Gasteiger partial charge in [-0.25, -0.2) is 9.78 Å². The Balaban J connectivity index is 1.94. The number of nitrogens with zero attached hydrogens (tertiary/aromatic N) is 1. The molecule has 6 heteroatoms. The second-order valence-corrected chi connectivity index (χ2v) is 4.03. The molecule has 0 aliphatic rings. The van der Waals surface area contributed by atoms with Gasteiger partial charge in [-0.3, -0.25) is 4.79 Å². The average molecular weight is 262 g/mol. The van der Waals surface area contributed by atoms with E-state index in [0.717, 1.165) is 16.7 Å². The number of hydrogen-bond donors (Lipinski definition) is 1. The smallest absolute Gasteiger partial charge is 0.396 e. The maximum Gasteiger partial charge on any atom is 0.396 e. The molecular weight excluding hydrogens is 248 g/mol. The van der Waals surface area contributed by atoms with Crippen molar-refractivity contribution in [3.63, 3.8) is 0 Å². The Kier molecular flexibility index (Phi) is 3.79. The highest BCUT2D eigenvalue weighted by Gasteiger charge is 2.12. The van der Waals surface area contributed by atoms with E-state index in [1.54, 1.807) is 6.92 Å². The number of ether oxygens (including phenoxy) is 1. The zero-order valence-electron chi connectivity index (χ0n) is 10.7. The first kappa shape index (κ1) is 13.1. The van der Waals surface area contributed by atoms with E-state index in [9.17, 15) is 9.59 Å². The van der Waals surface area contributed by atoms with E-state index in [0.29, 0.717) is 18.9 Å². The van der Waals surface area contributed by atoms with Crippen molar-refractivity contribution in [2.75, 3.05) is 13.7 Å². The highest BCUT2D eigenvalue weighted by atomic mass is 16.5. The number of methoxy groups -OCH3 is 1. The van der Waals surface area contributed by atoms with Crippen LogP contribution in [0.25, 0.3) is 11.1 Å². The van der Waals surface area contributed by atoms with E-state index in [4.69, 9.17) is 4.42 Å². The van der Waals surface area contributed by atoms with Crippen molar-refractivity contribution in [2.24, 2.45) is 0 Å². The van der Waals surface area contributed by atoms with Crippen LogP contribution in [0.1, 0.15) is 11.5 Å². The number of esters is 1. The maximum absolute atomic E-state index is 11.2. The number of carbonyl (C=O) groups excluding carboxylic acids is 2. The molecule has 1 aromatic heterocycles. The molecule has 0 saturated carbocycles. The van der Waals surface area contributed by atoms with Gasteiger partial charge in [0, 0.05) is 13.5 Å². The molecule has 0 fully saturated rings. The summed E-state index contributed by atoms with van der Waals surface area (Å²) in [6.45, 7) is 2.15. The van der Waals surface area contributed by atoms with Crippen LogP contribution in [0.5, 0.6) is 0 Å². The lowest BCUT2D eigenvalue weighted by Crippen LogP contribution is -2.33. The summed E-state index contributed by atoms with van der Waals surface area (Å²) in [5, 5.41) is 2.48. The molecule has 0 bridgehead atoms. The van der Waals surface area contributed by atoms with E-state index in [-0.39, 0.29) is 0 Å². The van der Waals surface area contributed by atoms with Crippen LogP contribution in [-0.2, 0) is 20.7 Å². The van der Waals surface area contributed by atoms with Crippen molar-refractivity contribution < 1.29 is 18.7 Å². The van der Waals surface area contributed by atoms with Gasteiger partial charge >= 0.3 is 11.9 Å². The summed E-state index contributed by atoms with van der Waals surface area (Å²) >= 11 is 0. The van der Waals surface area contributed by atoms with Gasteiger partial charge in [0.25, 0.3) is 0 Å². The maximum atomic E-state index is 11.2. The van der Waals surface area contributed by atoms with Crippen LogP contribution in [0, 0.1) is 6.92 Å². The van der Waals surface area contributed by atoms with E-state index in [1.807, 2.05) is 18.2 Å². The van der Waals surface area contributed by atoms with Crippen molar-refractivity contribution in [2.45, 2.75) is 13.3 Å². The third kappa shape index (κ3) is 3.09. The van der Waals surface area contributed by atoms with E-state index < -0.39 is 11.9 Å². The molecule has 1 heterocycles. The Morgan fingerprint density at radius 3 is 2.95 bits per heavy atom. The van der Waals surface area contributed by atoms with Crippen LogP contribution >= 0.6 is 0 Å². The normalized spacial score (nSPS) is 10.4. The Labute approximate surface area is 109 Å². The molecule has 0 aliphatic heterocycles. The lowest BCUT2D eigenvalue weighted by molar-refractivity contribution is -0.152. The van der Waals surface area contributed by atoms with Crippen LogP contribution in [0.4, 0.5) is 0 Å². The summed E-state index contributed by atoms with van der Waals surface area (Å²) < 4.78 is 9.67. The lowest BCUT2D eigenvalue weighted by atomic mass is 10.1. The molecule has 0 aliphatic carbocycles. The number of carbonyl (C=O) groups is 2. The number of nitrogens with one attached hydrogen (secondary N) is 1. The van der Waals surface area contributed by atoms with E-state index in [2.05, 4.69) is 15.0 Å². The number of oxazole rings is 1. The molecule has 0 atom stereocenters. The monoisotopic (exact) mass is 262 g/mol. The number of amides is 1. The quantitative estimate of drug-likeness (QED) is 0.658. The first-order valence-electron chi connectivity index (χ1n) is 5.82. The van der Waals surface area contributed by atoms with Gasteiger partial charge in [-0.1, -0.05) is 6.07 Å². The van der Waals surface area contributed by atoms with Gasteiger partial charge in [-0.05, 0) is 24.1 Å². The number of aryl methyl sites for hydroxylation is 1. The van der Waals surface area contributed by atoms with Gasteiger partial charge in [-0.15, -0.1) is 0 Å². The van der Waals surface area contributed by atoms with Crippen molar-refractivity contribution in [3.05, 3.63) is 29.7 Å². The molecular formula is C13H14N2O4. The largest absolute Gasteiger partial charge is 0.462 e. The lowest BCUT2D eigenvalue weighted by Gasteiger charge is -2.03. The van der Waals surface area contributed by atoms with Crippen LogP contribution in [0.3, 0.4) is 0 Å². The Hall–Kier alpha value is -2.37. The topological polar surface area (TPSA) is 81.4 Å². The summed E-state index contributed by atoms with van der Waals surface area (Å²) in [7, 11) is 1.17. The Morgan fingerprint density at radius 1 is 1.42 bits per heavy atom. The molecule has 0 radical (unpaired) electrons. The fourth-order valence-electron chi connectivity index (χ4n) is 1.73. The number of fused-ring (bicyclic) bond motifs is 1. The number of aromatic nitrogens is 1. The minimum Gasteiger partial charge on any atom is -0.462 e. The summed E-state index contributed by atoms with van der Waals surface area (Å²) in [5.74, 6) is -1.01. The fraction of sp³-hybridized carbons (Fsp3) is 0.308. The number of hydrogen-bond acceptors (Lipinski definition) is 5. The fourth-order valence-corrected chi connectivity index (χ4v) is 1.73. The second-order valence-electron chi connectivity index (χ2n) is 4.03. The first-order valence-corrected chi connectivity index (χ1v) is 5.82. The minimum absolute atomic E-state index is 0.357. The van der Waals surface area contributed by atoms with Crippen LogP contribution in [0.2, 0.25) is 0 Å². The Morgan fingerprint density at radius 2 is 2.21 bits per heavy atom. The van der Waals surface area contributed by atoms with Gasteiger partial charge in [0.1, 0.15) is 5.52 Å². The van der Waals surface area contributed by atoms with Gasteiger partial charge in [0.15, 0.2) is 11.5 Å². The van der Waals surface area contributed by atoms with Crippen LogP contribution in [0.15, 0.2) is 22.6 Å². The van der Waals surface area contributed by atoms with Crippen molar-refractivity contribution in [3.8, 4) is 0 Å². The molecule has 0 saturated heterocycles. The molecule has 0 spiro atoms. The highest BCUT2D eigenvalue weighted by molar-refractivity contribution is 6.32. The third-order valence-electron chi connectivity index (χ3n) is 2.63. The van der Waals surface area contributed by atoms with Crippen LogP contribution in [-0.4, -0.2) is 30.5 Å². The predicted octanol–water partition coefficient (Wildman–Crippen LogP) is 0.968. The van der Waals surface area contributed by atoms with Gasteiger partial charge in [-0.2, -0.15) is 0 Å². The molecule has 100 valence electrons. The van der Waals surface area contributed by atoms with Crippen LogP contribution < -0.4 is 5.32 Å². The summed E-state index contributed by atoms with van der Waals surface area (Å²) in [6.07, 6.45) is 0.602. The van der Waals surface area contributed by atoms with E-state index >= 15 is 0 Å². The van der Waals surface area contributed by atoms with Crippen molar-refractivity contribution in [1.29, 1.82) is 0 Å². The summed E-state index contributed by atoms with van der Waals surface area (Å²) in [6, 6.07) is 5.64. The second kappa shape index (κ2) is 5.51. The number of benzene rings is 1. The zero-order valence-corrected chi connectivity index (χ0v) is 10.7. The molecule has 19 heavy (non-hydrogen) atoms. The highest BCUT2D eigenvalue weighted by Crippen LogP contribution is 2.16. The average Bonchev–Trinajstić information content (AvgIpc) is 2.77. The van der Waals surface area contributed by atoms with Crippen molar-refractivity contribution >= 4 is 23.0 Å². The molecule has 1 aromatic carbocycles. The van der Waals surface area contributed by atoms with Gasteiger partial charge in [0.05, 0.1) is 7.11 Å². The summed E-state index contributed by atoms with van der Waals surface area (Å²) in [5.41, 5.74) is 2.53. The van der Waals surface area contributed by atoms with E-state index in [1.165, 1.54) is 7.11 Å². The minimum atomic E-state index is -0.887. The molecule has 2 aromatic rings. The van der Waals surface area contributed by atoms with Crippen molar-refractivity contribution in [1.82, 2.24) is 10.3 Å². The molecule has 0 unspecified atom stereocenters. The van der Waals surface area contributed by atoms with Gasteiger partial charge in [0.2, 0.25) is 0 Å². The predicted molar refractivity (Wildman–Crippen MR) is 67.5 cm³/mol.